The van der Waals surface area contributed by atoms with Crippen LogP contribution in [0.25, 0.3) is 0 Å². The predicted molar refractivity (Wildman–Crippen MR) is 80.3 cm³/mol. The molecule has 1 aliphatic rings. The van der Waals surface area contributed by atoms with Crippen molar-refractivity contribution in [3.8, 4) is 5.88 Å². The summed E-state index contributed by atoms with van der Waals surface area (Å²) in [6.45, 7) is 1.32. The van der Waals surface area contributed by atoms with Gasteiger partial charge in [0, 0.05) is 19.2 Å². The van der Waals surface area contributed by atoms with E-state index in [1.54, 1.807) is 25.3 Å². The largest absolute Gasteiger partial charge is 0.481 e. The van der Waals surface area contributed by atoms with Gasteiger partial charge in [-0.1, -0.05) is 12.1 Å². The number of methoxy groups -OCH3 is 1. The van der Waals surface area contributed by atoms with E-state index in [1.165, 1.54) is 18.5 Å². The molecule has 2 heterocycles. The molecule has 3 rings (SSSR count). The maximum atomic E-state index is 13.0. The van der Waals surface area contributed by atoms with Crippen LogP contribution in [0.5, 0.6) is 5.88 Å². The van der Waals surface area contributed by atoms with Gasteiger partial charge in [0.15, 0.2) is 0 Å². The Hall–Kier alpha value is -2.21. The van der Waals surface area contributed by atoms with E-state index >= 15 is 0 Å². The molecule has 0 spiro atoms. The van der Waals surface area contributed by atoms with E-state index in [0.29, 0.717) is 31.8 Å². The van der Waals surface area contributed by atoms with Crippen molar-refractivity contribution in [2.24, 2.45) is 0 Å². The number of piperidine rings is 1. The molecule has 2 aromatic rings. The van der Waals surface area contributed by atoms with Crippen LogP contribution in [0.2, 0.25) is 0 Å². The Labute approximate surface area is 128 Å². The molecule has 5 nitrogen and oxygen atoms in total. The molecule has 0 radical (unpaired) electrons. The minimum absolute atomic E-state index is 0.294. The molecule has 0 unspecified atom stereocenters. The minimum atomic E-state index is -0.915. The van der Waals surface area contributed by atoms with Crippen LogP contribution in [0.4, 0.5) is 10.2 Å². The second kappa shape index (κ2) is 5.88. The molecule has 1 aliphatic heterocycles. The van der Waals surface area contributed by atoms with Gasteiger partial charge in [-0.05, 0) is 30.5 Å². The molecule has 0 amide bonds. The first-order chi connectivity index (χ1) is 10.6. The van der Waals surface area contributed by atoms with E-state index in [9.17, 15) is 9.50 Å². The highest BCUT2D eigenvalue weighted by Crippen LogP contribution is 2.34. The highest BCUT2D eigenvalue weighted by molar-refractivity contribution is 5.42. The maximum Gasteiger partial charge on any atom is 0.218 e. The standard InChI is InChI=1S/C16H18FN3O2/c1-22-15-10-14(18-11-19-15)20-8-6-16(21,7-9-20)12-2-4-13(17)5-3-12/h2-5,10-11,21H,6-9H2,1H3. The van der Waals surface area contributed by atoms with Crippen molar-refractivity contribution < 1.29 is 14.2 Å². The summed E-state index contributed by atoms with van der Waals surface area (Å²) < 4.78 is 18.1. The van der Waals surface area contributed by atoms with Crippen molar-refractivity contribution in [2.75, 3.05) is 25.1 Å². The first kappa shape index (κ1) is 14.7. The molecule has 6 heteroatoms. The number of ether oxygens (including phenoxy) is 1. The highest BCUT2D eigenvalue weighted by Gasteiger charge is 2.34. The van der Waals surface area contributed by atoms with E-state index in [2.05, 4.69) is 14.9 Å². The zero-order chi connectivity index (χ0) is 15.6. The second-order valence-corrected chi connectivity index (χ2v) is 5.44. The van der Waals surface area contributed by atoms with Crippen molar-refractivity contribution in [1.29, 1.82) is 0 Å². The smallest absolute Gasteiger partial charge is 0.218 e. The fourth-order valence-electron chi connectivity index (χ4n) is 2.77. The lowest BCUT2D eigenvalue weighted by molar-refractivity contribution is 0.0116. The number of nitrogens with zero attached hydrogens (tertiary/aromatic N) is 3. The average molecular weight is 303 g/mol. The summed E-state index contributed by atoms with van der Waals surface area (Å²) in [5.41, 5.74) is -0.157. The first-order valence-electron chi connectivity index (χ1n) is 7.20. The quantitative estimate of drug-likeness (QED) is 0.941. The molecule has 0 aliphatic carbocycles. The Morgan fingerprint density at radius 1 is 1.18 bits per heavy atom. The summed E-state index contributed by atoms with van der Waals surface area (Å²) >= 11 is 0. The molecular formula is C16H18FN3O2. The Morgan fingerprint density at radius 3 is 2.50 bits per heavy atom. The number of aliphatic hydroxyl groups is 1. The Morgan fingerprint density at radius 2 is 1.86 bits per heavy atom. The summed E-state index contributed by atoms with van der Waals surface area (Å²) in [5.74, 6) is 1.01. The maximum absolute atomic E-state index is 13.0. The number of anilines is 1. The third-order valence-corrected chi connectivity index (χ3v) is 4.13. The van der Waals surface area contributed by atoms with Gasteiger partial charge < -0.3 is 14.7 Å². The number of benzene rings is 1. The van der Waals surface area contributed by atoms with Crippen LogP contribution < -0.4 is 9.64 Å². The van der Waals surface area contributed by atoms with Crippen molar-refractivity contribution >= 4 is 5.82 Å². The van der Waals surface area contributed by atoms with E-state index in [4.69, 9.17) is 4.74 Å². The molecule has 1 N–H and O–H groups in total. The minimum Gasteiger partial charge on any atom is -0.481 e. The monoisotopic (exact) mass is 303 g/mol. The summed E-state index contributed by atoms with van der Waals surface area (Å²) in [5, 5.41) is 10.8. The lowest BCUT2D eigenvalue weighted by Gasteiger charge is -2.39. The molecule has 1 aromatic carbocycles. The van der Waals surface area contributed by atoms with Crippen molar-refractivity contribution in [3.63, 3.8) is 0 Å². The van der Waals surface area contributed by atoms with E-state index in [1.807, 2.05) is 0 Å². The van der Waals surface area contributed by atoms with Crippen molar-refractivity contribution in [1.82, 2.24) is 9.97 Å². The molecule has 0 bridgehead atoms. The van der Waals surface area contributed by atoms with Gasteiger partial charge in [-0.2, -0.15) is 0 Å². The molecule has 1 fully saturated rings. The second-order valence-electron chi connectivity index (χ2n) is 5.44. The molecule has 22 heavy (non-hydrogen) atoms. The number of halogens is 1. The van der Waals surface area contributed by atoms with Crippen LogP contribution in [0, 0.1) is 5.82 Å². The fourth-order valence-corrected chi connectivity index (χ4v) is 2.77. The molecule has 0 atom stereocenters. The Bertz CT molecular complexity index is 640. The summed E-state index contributed by atoms with van der Waals surface area (Å²) in [7, 11) is 1.57. The summed E-state index contributed by atoms with van der Waals surface area (Å²) in [6, 6.07) is 7.85. The summed E-state index contributed by atoms with van der Waals surface area (Å²) in [6.07, 6.45) is 2.59. The molecule has 1 aromatic heterocycles. The van der Waals surface area contributed by atoms with Gasteiger partial charge >= 0.3 is 0 Å². The average Bonchev–Trinajstić information content (AvgIpc) is 2.56. The fraction of sp³-hybridized carbons (Fsp3) is 0.375. The van der Waals surface area contributed by atoms with Gasteiger partial charge in [0.25, 0.3) is 0 Å². The zero-order valence-electron chi connectivity index (χ0n) is 12.4. The molecule has 0 saturated carbocycles. The Balaban J connectivity index is 1.72. The molecular weight excluding hydrogens is 285 g/mol. The lowest BCUT2D eigenvalue weighted by Crippen LogP contribution is -2.43. The van der Waals surface area contributed by atoms with E-state index in [0.717, 1.165) is 11.4 Å². The topological polar surface area (TPSA) is 58.5 Å². The first-order valence-corrected chi connectivity index (χ1v) is 7.20. The third kappa shape index (κ3) is 2.87. The van der Waals surface area contributed by atoms with Gasteiger partial charge in [-0.3, -0.25) is 0 Å². The van der Waals surface area contributed by atoms with Gasteiger partial charge in [-0.15, -0.1) is 0 Å². The van der Waals surface area contributed by atoms with E-state index in [-0.39, 0.29) is 5.82 Å². The Kier molecular flexibility index (Phi) is 3.94. The van der Waals surface area contributed by atoms with Crippen LogP contribution in [0.15, 0.2) is 36.7 Å². The normalized spacial score (nSPS) is 17.3. The van der Waals surface area contributed by atoms with Crippen molar-refractivity contribution in [3.05, 3.63) is 48.0 Å². The van der Waals surface area contributed by atoms with Crippen LogP contribution in [-0.2, 0) is 5.60 Å². The highest BCUT2D eigenvalue weighted by atomic mass is 19.1. The third-order valence-electron chi connectivity index (χ3n) is 4.13. The molecule has 1 saturated heterocycles. The SMILES string of the molecule is COc1cc(N2CCC(O)(c3ccc(F)cc3)CC2)ncn1. The van der Waals surface area contributed by atoms with Crippen LogP contribution >= 0.6 is 0 Å². The van der Waals surface area contributed by atoms with Crippen molar-refractivity contribution in [2.45, 2.75) is 18.4 Å². The van der Waals surface area contributed by atoms with Gasteiger partial charge in [0.2, 0.25) is 5.88 Å². The number of aromatic nitrogens is 2. The summed E-state index contributed by atoms with van der Waals surface area (Å²) in [4.78, 5) is 10.3. The van der Waals surface area contributed by atoms with E-state index < -0.39 is 5.60 Å². The van der Waals surface area contributed by atoms with Gasteiger partial charge in [0.05, 0.1) is 12.7 Å². The lowest BCUT2D eigenvalue weighted by atomic mass is 9.84. The van der Waals surface area contributed by atoms with Crippen LogP contribution in [0.3, 0.4) is 0 Å². The molecule has 116 valence electrons. The van der Waals surface area contributed by atoms with Crippen LogP contribution in [-0.4, -0.2) is 35.3 Å². The zero-order valence-corrected chi connectivity index (χ0v) is 12.4. The number of hydrogen-bond acceptors (Lipinski definition) is 5. The predicted octanol–water partition coefficient (Wildman–Crippen LogP) is 2.11. The van der Waals surface area contributed by atoms with Gasteiger partial charge in [-0.25, -0.2) is 14.4 Å². The van der Waals surface area contributed by atoms with Crippen LogP contribution in [0.1, 0.15) is 18.4 Å². The number of hydrogen-bond donors (Lipinski definition) is 1. The number of rotatable bonds is 3. The van der Waals surface area contributed by atoms with Gasteiger partial charge in [0.1, 0.15) is 18.0 Å².